The number of rotatable bonds is 3. The minimum absolute atomic E-state index is 0.0336. The molecule has 0 atom stereocenters. The van der Waals surface area contributed by atoms with E-state index in [0.29, 0.717) is 0 Å². The maximum absolute atomic E-state index is 12.4. The number of carbonyl (C=O) groups excluding carboxylic acids is 3. The van der Waals surface area contributed by atoms with E-state index < -0.39 is 17.7 Å². The SMILES string of the molecule is O=C(Nc1nonc1N1C(=O)c2ccccc2C1=O)c1ccco1. The molecule has 3 heterocycles. The first kappa shape index (κ1) is 13.9. The summed E-state index contributed by atoms with van der Waals surface area (Å²) in [6.45, 7) is 0. The molecule has 0 radical (unpaired) electrons. The minimum atomic E-state index is -0.617. The molecular formula is C15H8N4O5. The van der Waals surface area contributed by atoms with Crippen molar-refractivity contribution in [3.05, 3.63) is 59.5 Å². The third-order valence-electron chi connectivity index (χ3n) is 3.45. The van der Waals surface area contributed by atoms with E-state index in [1.165, 1.54) is 24.5 Å². The summed E-state index contributed by atoms with van der Waals surface area (Å²) in [5.41, 5.74) is 0.489. The van der Waals surface area contributed by atoms with E-state index in [1.54, 1.807) is 18.2 Å². The summed E-state index contributed by atoms with van der Waals surface area (Å²) in [7, 11) is 0. The quantitative estimate of drug-likeness (QED) is 0.728. The van der Waals surface area contributed by atoms with Gasteiger partial charge in [-0.3, -0.25) is 19.7 Å². The summed E-state index contributed by atoms with van der Waals surface area (Å²) in [5, 5.41) is 9.50. The normalized spacial score (nSPS) is 13.2. The lowest BCUT2D eigenvalue weighted by Gasteiger charge is -2.10. The number of aromatic nitrogens is 2. The summed E-state index contributed by atoms with van der Waals surface area (Å²) in [6.07, 6.45) is 1.33. The van der Waals surface area contributed by atoms with Gasteiger partial charge in [0.2, 0.25) is 11.6 Å². The fourth-order valence-corrected chi connectivity index (χ4v) is 2.37. The van der Waals surface area contributed by atoms with Gasteiger partial charge in [0.15, 0.2) is 5.76 Å². The Bertz CT molecular complexity index is 925. The van der Waals surface area contributed by atoms with Gasteiger partial charge in [0, 0.05) is 0 Å². The average Bonchev–Trinajstić information content (AvgIpc) is 3.30. The highest BCUT2D eigenvalue weighted by Crippen LogP contribution is 2.31. The first-order valence-corrected chi connectivity index (χ1v) is 6.82. The van der Waals surface area contributed by atoms with Gasteiger partial charge in [-0.05, 0) is 34.6 Å². The van der Waals surface area contributed by atoms with Crippen LogP contribution in [0.15, 0.2) is 51.7 Å². The van der Waals surface area contributed by atoms with Crippen molar-refractivity contribution in [2.75, 3.05) is 10.2 Å². The second kappa shape index (κ2) is 5.16. The van der Waals surface area contributed by atoms with Crippen molar-refractivity contribution in [2.45, 2.75) is 0 Å². The number of nitrogens with zero attached hydrogens (tertiary/aromatic N) is 3. The fourth-order valence-electron chi connectivity index (χ4n) is 2.37. The van der Waals surface area contributed by atoms with Crippen molar-refractivity contribution < 1.29 is 23.4 Å². The number of imide groups is 1. The summed E-state index contributed by atoms with van der Waals surface area (Å²) in [4.78, 5) is 37.7. The summed E-state index contributed by atoms with van der Waals surface area (Å²) >= 11 is 0. The lowest BCUT2D eigenvalue weighted by molar-refractivity contribution is 0.0921. The second-order valence-electron chi connectivity index (χ2n) is 4.86. The third-order valence-corrected chi connectivity index (χ3v) is 3.45. The molecule has 4 rings (SSSR count). The van der Waals surface area contributed by atoms with Crippen LogP contribution in [0.3, 0.4) is 0 Å². The van der Waals surface area contributed by atoms with Gasteiger partial charge in [-0.25, -0.2) is 9.53 Å². The van der Waals surface area contributed by atoms with Crippen molar-refractivity contribution in [1.29, 1.82) is 0 Å². The molecule has 2 aromatic heterocycles. The van der Waals surface area contributed by atoms with Gasteiger partial charge in [0.25, 0.3) is 17.7 Å². The maximum atomic E-state index is 12.4. The number of carbonyl (C=O) groups is 3. The van der Waals surface area contributed by atoms with Crippen molar-refractivity contribution in [3.63, 3.8) is 0 Å². The Morgan fingerprint density at radius 2 is 1.71 bits per heavy atom. The highest BCUT2D eigenvalue weighted by molar-refractivity contribution is 6.34. The molecule has 1 aromatic carbocycles. The zero-order valence-electron chi connectivity index (χ0n) is 11.9. The third kappa shape index (κ3) is 1.99. The number of anilines is 2. The Morgan fingerprint density at radius 1 is 1.00 bits per heavy atom. The smallest absolute Gasteiger partial charge is 0.292 e. The molecule has 0 spiro atoms. The van der Waals surface area contributed by atoms with Crippen LogP contribution in [0.5, 0.6) is 0 Å². The number of hydrogen-bond acceptors (Lipinski definition) is 7. The van der Waals surface area contributed by atoms with E-state index in [9.17, 15) is 14.4 Å². The minimum Gasteiger partial charge on any atom is -0.459 e. The zero-order chi connectivity index (χ0) is 16.7. The molecule has 0 unspecified atom stereocenters. The predicted molar refractivity (Wildman–Crippen MR) is 78.5 cm³/mol. The molecule has 9 nitrogen and oxygen atoms in total. The Balaban J connectivity index is 1.68. The molecule has 9 heteroatoms. The number of hydrogen-bond donors (Lipinski definition) is 1. The highest BCUT2D eigenvalue weighted by atomic mass is 16.6. The molecule has 3 aromatic rings. The van der Waals surface area contributed by atoms with Gasteiger partial charge >= 0.3 is 0 Å². The van der Waals surface area contributed by atoms with E-state index in [0.717, 1.165) is 4.90 Å². The lowest BCUT2D eigenvalue weighted by Crippen LogP contribution is -2.30. The molecule has 0 saturated carbocycles. The van der Waals surface area contributed by atoms with Crippen LogP contribution in [-0.2, 0) is 0 Å². The van der Waals surface area contributed by atoms with Crippen LogP contribution in [0.4, 0.5) is 11.6 Å². The Morgan fingerprint density at radius 3 is 2.33 bits per heavy atom. The van der Waals surface area contributed by atoms with Crippen LogP contribution in [0.2, 0.25) is 0 Å². The lowest BCUT2D eigenvalue weighted by atomic mass is 10.1. The average molecular weight is 324 g/mol. The summed E-state index contributed by atoms with van der Waals surface area (Å²) in [5.74, 6) is -2.08. The maximum Gasteiger partial charge on any atom is 0.292 e. The number of furan rings is 1. The van der Waals surface area contributed by atoms with Gasteiger partial charge < -0.3 is 4.42 Å². The Hall–Kier alpha value is -3.75. The summed E-state index contributed by atoms with van der Waals surface area (Å²) in [6, 6.07) is 9.35. The molecule has 3 amide bonds. The molecular weight excluding hydrogens is 316 g/mol. The predicted octanol–water partition coefficient (Wildman–Crippen LogP) is 1.72. The molecule has 0 bridgehead atoms. The molecule has 118 valence electrons. The zero-order valence-corrected chi connectivity index (χ0v) is 11.9. The van der Waals surface area contributed by atoms with Crippen LogP contribution in [0.25, 0.3) is 0 Å². The first-order chi connectivity index (χ1) is 11.7. The van der Waals surface area contributed by atoms with Crippen LogP contribution in [-0.4, -0.2) is 28.0 Å². The molecule has 0 saturated heterocycles. The molecule has 24 heavy (non-hydrogen) atoms. The van der Waals surface area contributed by atoms with Gasteiger partial charge in [0.1, 0.15) is 0 Å². The van der Waals surface area contributed by atoms with Crippen molar-refractivity contribution in [2.24, 2.45) is 0 Å². The van der Waals surface area contributed by atoms with E-state index in [-0.39, 0.29) is 28.5 Å². The number of fused-ring (bicyclic) bond motifs is 1. The van der Waals surface area contributed by atoms with E-state index in [2.05, 4.69) is 20.3 Å². The molecule has 1 N–H and O–H groups in total. The van der Waals surface area contributed by atoms with Crippen molar-refractivity contribution in [1.82, 2.24) is 10.3 Å². The second-order valence-corrected chi connectivity index (χ2v) is 4.86. The molecule has 0 aliphatic carbocycles. The van der Waals surface area contributed by atoms with Gasteiger partial charge in [-0.1, -0.05) is 12.1 Å². The molecule has 0 fully saturated rings. The fraction of sp³-hybridized carbons (Fsp3) is 0. The monoisotopic (exact) mass is 324 g/mol. The summed E-state index contributed by atoms with van der Waals surface area (Å²) < 4.78 is 9.54. The van der Waals surface area contributed by atoms with Crippen LogP contribution in [0, 0.1) is 0 Å². The number of amides is 3. The van der Waals surface area contributed by atoms with Crippen LogP contribution >= 0.6 is 0 Å². The largest absolute Gasteiger partial charge is 0.459 e. The Labute approximate surface area is 133 Å². The Kier molecular flexibility index (Phi) is 2.98. The van der Waals surface area contributed by atoms with Gasteiger partial charge in [0.05, 0.1) is 17.4 Å². The van der Waals surface area contributed by atoms with Crippen molar-refractivity contribution >= 4 is 29.4 Å². The van der Waals surface area contributed by atoms with Crippen molar-refractivity contribution in [3.8, 4) is 0 Å². The molecule has 1 aliphatic heterocycles. The van der Waals surface area contributed by atoms with Crippen LogP contribution < -0.4 is 10.2 Å². The van der Waals surface area contributed by atoms with Gasteiger partial charge in [-0.2, -0.15) is 0 Å². The van der Waals surface area contributed by atoms with E-state index >= 15 is 0 Å². The number of benzene rings is 1. The van der Waals surface area contributed by atoms with E-state index in [4.69, 9.17) is 4.42 Å². The number of nitrogens with one attached hydrogen (secondary N) is 1. The highest BCUT2D eigenvalue weighted by Gasteiger charge is 2.40. The first-order valence-electron chi connectivity index (χ1n) is 6.82. The topological polar surface area (TPSA) is 119 Å². The standard InChI is InChI=1S/C15H8N4O5/c20-13(10-6-3-7-23-10)16-11-12(18-24-17-11)19-14(21)8-4-1-2-5-9(8)15(19)22/h1-7H,(H,16,17,20). The van der Waals surface area contributed by atoms with E-state index in [1.807, 2.05) is 0 Å². The molecule has 1 aliphatic rings. The van der Waals surface area contributed by atoms with Gasteiger partial charge in [-0.15, -0.1) is 0 Å². The van der Waals surface area contributed by atoms with Crippen LogP contribution in [0.1, 0.15) is 31.3 Å².